The van der Waals surface area contributed by atoms with Crippen molar-refractivity contribution in [2.75, 3.05) is 0 Å². The molecule has 0 saturated carbocycles. The van der Waals surface area contributed by atoms with E-state index in [-0.39, 0.29) is 11.2 Å². The maximum absolute atomic E-state index is 12.0. The maximum Gasteiger partial charge on any atom is 0.330 e. The normalized spacial score (nSPS) is 10.9. The van der Waals surface area contributed by atoms with Crippen molar-refractivity contribution >= 4 is 10.8 Å². The van der Waals surface area contributed by atoms with Crippen LogP contribution in [0.15, 0.2) is 58.1 Å². The SMILES string of the molecule is Cn1c(-c2cccc3ccccc23)cc(=O)n(C)c1=O. The molecule has 1 heterocycles. The van der Waals surface area contributed by atoms with E-state index in [0.717, 1.165) is 20.9 Å². The van der Waals surface area contributed by atoms with Crippen molar-refractivity contribution in [3.05, 3.63) is 69.4 Å². The molecule has 3 aromatic rings. The minimum absolute atomic E-state index is 0.295. The van der Waals surface area contributed by atoms with E-state index in [9.17, 15) is 9.59 Å². The summed E-state index contributed by atoms with van der Waals surface area (Å²) in [6.45, 7) is 0. The molecule has 20 heavy (non-hydrogen) atoms. The van der Waals surface area contributed by atoms with Crippen LogP contribution in [-0.4, -0.2) is 9.13 Å². The molecule has 0 fully saturated rings. The Morgan fingerprint density at radius 1 is 0.850 bits per heavy atom. The second-order valence-electron chi connectivity index (χ2n) is 4.80. The molecule has 0 unspecified atom stereocenters. The molecule has 0 aliphatic rings. The van der Waals surface area contributed by atoms with Crippen LogP contribution >= 0.6 is 0 Å². The van der Waals surface area contributed by atoms with Crippen LogP contribution in [0.4, 0.5) is 0 Å². The Morgan fingerprint density at radius 3 is 2.35 bits per heavy atom. The predicted octanol–water partition coefficient (Wildman–Crippen LogP) is 1.90. The molecular formula is C16H14N2O2. The van der Waals surface area contributed by atoms with Crippen LogP contribution in [-0.2, 0) is 14.1 Å². The molecule has 0 bridgehead atoms. The highest BCUT2D eigenvalue weighted by Gasteiger charge is 2.10. The number of hydrogen-bond acceptors (Lipinski definition) is 2. The fourth-order valence-corrected chi connectivity index (χ4v) is 2.44. The molecular weight excluding hydrogens is 252 g/mol. The molecule has 0 saturated heterocycles. The topological polar surface area (TPSA) is 44.0 Å². The smallest absolute Gasteiger partial charge is 0.296 e. The first kappa shape index (κ1) is 12.4. The zero-order valence-electron chi connectivity index (χ0n) is 11.3. The summed E-state index contributed by atoms with van der Waals surface area (Å²) in [4.78, 5) is 23.9. The first-order valence-corrected chi connectivity index (χ1v) is 6.35. The zero-order valence-corrected chi connectivity index (χ0v) is 11.3. The van der Waals surface area contributed by atoms with Gasteiger partial charge < -0.3 is 0 Å². The van der Waals surface area contributed by atoms with E-state index in [4.69, 9.17) is 0 Å². The second-order valence-corrected chi connectivity index (χ2v) is 4.80. The van der Waals surface area contributed by atoms with Crippen molar-refractivity contribution in [3.63, 3.8) is 0 Å². The van der Waals surface area contributed by atoms with E-state index in [0.29, 0.717) is 5.69 Å². The van der Waals surface area contributed by atoms with Gasteiger partial charge in [0, 0.05) is 25.7 Å². The first-order valence-electron chi connectivity index (χ1n) is 6.35. The molecule has 0 aliphatic heterocycles. The fraction of sp³-hybridized carbons (Fsp3) is 0.125. The van der Waals surface area contributed by atoms with E-state index in [1.54, 1.807) is 7.05 Å². The summed E-state index contributed by atoms with van der Waals surface area (Å²) in [6.07, 6.45) is 0. The van der Waals surface area contributed by atoms with Crippen LogP contribution in [0.1, 0.15) is 0 Å². The number of nitrogens with zero attached hydrogens (tertiary/aromatic N) is 2. The molecule has 0 N–H and O–H groups in total. The molecule has 0 aliphatic carbocycles. The van der Waals surface area contributed by atoms with Crippen molar-refractivity contribution in [2.45, 2.75) is 0 Å². The highest BCUT2D eigenvalue weighted by Crippen LogP contribution is 2.26. The number of fused-ring (bicyclic) bond motifs is 1. The molecule has 2 aromatic carbocycles. The Hall–Kier alpha value is -2.62. The monoisotopic (exact) mass is 266 g/mol. The minimum Gasteiger partial charge on any atom is -0.296 e. The molecule has 0 atom stereocenters. The van der Waals surface area contributed by atoms with Crippen LogP contribution < -0.4 is 11.2 Å². The van der Waals surface area contributed by atoms with E-state index in [2.05, 4.69) is 0 Å². The van der Waals surface area contributed by atoms with Gasteiger partial charge in [-0.15, -0.1) is 0 Å². The van der Waals surface area contributed by atoms with Crippen molar-refractivity contribution in [2.24, 2.45) is 14.1 Å². The van der Waals surface area contributed by atoms with Gasteiger partial charge in [0.2, 0.25) is 0 Å². The summed E-state index contributed by atoms with van der Waals surface area (Å²) >= 11 is 0. The zero-order chi connectivity index (χ0) is 14.3. The second kappa shape index (κ2) is 4.49. The van der Waals surface area contributed by atoms with Crippen LogP contribution in [0.25, 0.3) is 22.0 Å². The Morgan fingerprint density at radius 2 is 1.55 bits per heavy atom. The van der Waals surface area contributed by atoms with Crippen molar-refractivity contribution in [1.82, 2.24) is 9.13 Å². The molecule has 1 aromatic heterocycles. The van der Waals surface area contributed by atoms with Crippen molar-refractivity contribution < 1.29 is 0 Å². The van der Waals surface area contributed by atoms with Gasteiger partial charge in [0.1, 0.15) is 0 Å². The molecule has 0 radical (unpaired) electrons. The van der Waals surface area contributed by atoms with Crippen molar-refractivity contribution in [1.29, 1.82) is 0 Å². The Labute approximate surface area is 115 Å². The van der Waals surface area contributed by atoms with E-state index in [1.165, 1.54) is 17.7 Å². The van der Waals surface area contributed by atoms with E-state index < -0.39 is 0 Å². The van der Waals surface area contributed by atoms with Gasteiger partial charge in [-0.25, -0.2) is 4.79 Å². The van der Waals surface area contributed by atoms with Crippen LogP contribution in [0.3, 0.4) is 0 Å². The summed E-state index contributed by atoms with van der Waals surface area (Å²) in [5.74, 6) is 0. The molecule has 100 valence electrons. The highest BCUT2D eigenvalue weighted by molar-refractivity contribution is 5.95. The van der Waals surface area contributed by atoms with Gasteiger partial charge in [-0.05, 0) is 10.8 Å². The number of hydrogen-bond donors (Lipinski definition) is 0. The number of rotatable bonds is 1. The van der Waals surface area contributed by atoms with Gasteiger partial charge in [-0.3, -0.25) is 13.9 Å². The lowest BCUT2D eigenvalue weighted by atomic mass is 10.0. The summed E-state index contributed by atoms with van der Waals surface area (Å²) in [5, 5.41) is 2.11. The molecule has 0 spiro atoms. The fourth-order valence-electron chi connectivity index (χ4n) is 2.44. The predicted molar refractivity (Wildman–Crippen MR) is 79.9 cm³/mol. The third-order valence-corrected chi connectivity index (χ3v) is 3.59. The summed E-state index contributed by atoms with van der Waals surface area (Å²) < 4.78 is 2.61. The van der Waals surface area contributed by atoms with Gasteiger partial charge in [0.05, 0.1) is 5.69 Å². The number of aromatic nitrogens is 2. The third-order valence-electron chi connectivity index (χ3n) is 3.59. The number of benzene rings is 2. The summed E-state index contributed by atoms with van der Waals surface area (Å²) in [7, 11) is 3.16. The van der Waals surface area contributed by atoms with Gasteiger partial charge in [-0.1, -0.05) is 42.5 Å². The third kappa shape index (κ3) is 1.77. The molecule has 4 nitrogen and oxygen atoms in total. The Bertz CT molecular complexity index is 914. The van der Waals surface area contributed by atoms with Crippen LogP contribution in [0.5, 0.6) is 0 Å². The lowest BCUT2D eigenvalue weighted by Gasteiger charge is -2.11. The molecule has 4 heteroatoms. The Kier molecular flexibility index (Phi) is 2.79. The van der Waals surface area contributed by atoms with Gasteiger partial charge in [0.15, 0.2) is 0 Å². The van der Waals surface area contributed by atoms with Crippen molar-refractivity contribution in [3.8, 4) is 11.3 Å². The maximum atomic E-state index is 12.0. The standard InChI is InChI=1S/C16H14N2O2/c1-17-14(10-15(19)18(2)16(17)20)13-9-5-7-11-6-3-4-8-12(11)13/h3-10H,1-2H3. The van der Waals surface area contributed by atoms with Crippen LogP contribution in [0, 0.1) is 0 Å². The lowest BCUT2D eigenvalue weighted by molar-refractivity contribution is 0.692. The van der Waals surface area contributed by atoms with E-state index in [1.807, 2.05) is 42.5 Å². The lowest BCUT2D eigenvalue weighted by Crippen LogP contribution is -2.37. The first-order chi connectivity index (χ1) is 9.59. The molecule has 0 amide bonds. The largest absolute Gasteiger partial charge is 0.330 e. The quantitative estimate of drug-likeness (QED) is 0.675. The average Bonchev–Trinajstić information content (AvgIpc) is 2.48. The van der Waals surface area contributed by atoms with Crippen LogP contribution in [0.2, 0.25) is 0 Å². The summed E-state index contributed by atoms with van der Waals surface area (Å²) in [6, 6.07) is 15.3. The Balaban J connectivity index is 2.44. The minimum atomic E-state index is -0.319. The van der Waals surface area contributed by atoms with Gasteiger partial charge in [-0.2, -0.15) is 0 Å². The summed E-state index contributed by atoms with van der Waals surface area (Å²) in [5.41, 5.74) is 0.909. The molecule has 3 rings (SSSR count). The average molecular weight is 266 g/mol. The highest BCUT2D eigenvalue weighted by atomic mass is 16.2. The van der Waals surface area contributed by atoms with Gasteiger partial charge in [0.25, 0.3) is 5.56 Å². The van der Waals surface area contributed by atoms with Gasteiger partial charge >= 0.3 is 5.69 Å². The van der Waals surface area contributed by atoms with E-state index >= 15 is 0 Å².